The number of aromatic nitrogens is 2. The van der Waals surface area contributed by atoms with Crippen molar-refractivity contribution in [3.8, 4) is 5.69 Å². The summed E-state index contributed by atoms with van der Waals surface area (Å²) in [5, 5.41) is 8.73. The Hall–Kier alpha value is -1.03. The molecule has 0 spiro atoms. The second-order valence-corrected chi connectivity index (χ2v) is 4.64. The first-order valence-electron chi connectivity index (χ1n) is 5.27. The van der Waals surface area contributed by atoms with Crippen LogP contribution in [0.2, 0.25) is 10.0 Å². The third kappa shape index (κ3) is 2.46. The van der Waals surface area contributed by atoms with Crippen molar-refractivity contribution in [3.05, 3.63) is 45.7 Å². The van der Waals surface area contributed by atoms with E-state index in [1.807, 2.05) is 26.2 Å². The molecule has 1 aromatic heterocycles. The molecule has 1 heterocycles. The molecular formula is C12H13Cl2N3. The highest BCUT2D eigenvalue weighted by Crippen LogP contribution is 2.25. The molecule has 0 saturated carbocycles. The maximum atomic E-state index is 6.15. The molecule has 0 aliphatic carbocycles. The van der Waals surface area contributed by atoms with Gasteiger partial charge in [0.05, 0.1) is 16.9 Å². The van der Waals surface area contributed by atoms with E-state index in [-0.39, 0.29) is 0 Å². The van der Waals surface area contributed by atoms with Gasteiger partial charge in [-0.3, -0.25) is 0 Å². The van der Waals surface area contributed by atoms with E-state index in [0.29, 0.717) is 10.0 Å². The fourth-order valence-electron chi connectivity index (χ4n) is 1.70. The normalized spacial score (nSPS) is 10.8. The van der Waals surface area contributed by atoms with Crippen LogP contribution in [0.1, 0.15) is 11.3 Å². The number of hydrogen-bond donors (Lipinski definition) is 1. The van der Waals surface area contributed by atoms with Crippen molar-refractivity contribution in [2.75, 3.05) is 7.05 Å². The van der Waals surface area contributed by atoms with Crippen LogP contribution in [0.15, 0.2) is 24.4 Å². The van der Waals surface area contributed by atoms with E-state index in [4.69, 9.17) is 23.2 Å². The summed E-state index contributed by atoms with van der Waals surface area (Å²) in [5.74, 6) is 0. The van der Waals surface area contributed by atoms with Crippen LogP contribution in [-0.4, -0.2) is 16.8 Å². The smallest absolute Gasteiger partial charge is 0.0849 e. The number of benzene rings is 1. The molecule has 0 fully saturated rings. The van der Waals surface area contributed by atoms with Crippen molar-refractivity contribution in [3.63, 3.8) is 0 Å². The van der Waals surface area contributed by atoms with E-state index in [9.17, 15) is 0 Å². The topological polar surface area (TPSA) is 29.9 Å². The summed E-state index contributed by atoms with van der Waals surface area (Å²) in [5.41, 5.74) is 3.01. The fourth-order valence-corrected chi connectivity index (χ4v) is 2.06. The largest absolute Gasteiger partial charge is 0.316 e. The first-order valence-corrected chi connectivity index (χ1v) is 6.02. The van der Waals surface area contributed by atoms with Gasteiger partial charge in [0.15, 0.2) is 0 Å². The lowest BCUT2D eigenvalue weighted by molar-refractivity contribution is 0.801. The lowest BCUT2D eigenvalue weighted by atomic mass is 10.2. The number of nitrogens with one attached hydrogen (secondary N) is 1. The Bertz CT molecular complexity index is 535. The minimum atomic E-state index is 0.636. The van der Waals surface area contributed by atoms with Gasteiger partial charge in [0.2, 0.25) is 0 Å². The van der Waals surface area contributed by atoms with Crippen LogP contribution in [0, 0.1) is 6.92 Å². The molecule has 0 atom stereocenters. The molecule has 2 aromatic rings. The predicted molar refractivity (Wildman–Crippen MR) is 71.1 cm³/mol. The molecule has 3 nitrogen and oxygen atoms in total. The molecule has 0 aliphatic rings. The minimum absolute atomic E-state index is 0.636. The zero-order valence-corrected chi connectivity index (χ0v) is 11.2. The summed E-state index contributed by atoms with van der Waals surface area (Å²) in [6.07, 6.45) is 1.84. The Kier molecular flexibility index (Phi) is 3.72. The van der Waals surface area contributed by atoms with E-state index < -0.39 is 0 Å². The molecule has 17 heavy (non-hydrogen) atoms. The molecule has 0 aliphatic heterocycles. The highest BCUT2D eigenvalue weighted by atomic mass is 35.5. The molecule has 90 valence electrons. The molecule has 0 unspecified atom stereocenters. The lowest BCUT2D eigenvalue weighted by Crippen LogP contribution is -2.06. The van der Waals surface area contributed by atoms with Crippen LogP contribution >= 0.6 is 23.2 Å². The summed E-state index contributed by atoms with van der Waals surface area (Å²) in [7, 11) is 1.91. The second-order valence-electron chi connectivity index (χ2n) is 3.79. The van der Waals surface area contributed by atoms with Crippen molar-refractivity contribution in [2.24, 2.45) is 0 Å². The molecule has 0 saturated heterocycles. The Balaban J connectivity index is 2.49. The van der Waals surface area contributed by atoms with Crippen LogP contribution in [0.5, 0.6) is 0 Å². The van der Waals surface area contributed by atoms with Crippen LogP contribution in [0.25, 0.3) is 5.69 Å². The van der Waals surface area contributed by atoms with Crippen LogP contribution in [-0.2, 0) is 6.54 Å². The van der Waals surface area contributed by atoms with E-state index in [1.165, 1.54) is 0 Å². The first-order chi connectivity index (χ1) is 8.13. The van der Waals surface area contributed by atoms with Crippen molar-refractivity contribution in [1.82, 2.24) is 15.1 Å². The van der Waals surface area contributed by atoms with Gasteiger partial charge in [0.25, 0.3) is 0 Å². The number of halogens is 2. The SMILES string of the molecule is CNCc1cnn(-c2cc(Cl)ccc2Cl)c1C. The van der Waals surface area contributed by atoms with Gasteiger partial charge in [-0.05, 0) is 32.2 Å². The number of nitrogens with zero attached hydrogens (tertiary/aromatic N) is 2. The van der Waals surface area contributed by atoms with Gasteiger partial charge >= 0.3 is 0 Å². The third-order valence-corrected chi connectivity index (χ3v) is 3.17. The van der Waals surface area contributed by atoms with Crippen LogP contribution in [0.4, 0.5) is 0 Å². The van der Waals surface area contributed by atoms with Crippen LogP contribution in [0.3, 0.4) is 0 Å². The summed E-state index contributed by atoms with van der Waals surface area (Å²) >= 11 is 12.1. The van der Waals surface area contributed by atoms with Gasteiger partial charge in [-0.15, -0.1) is 0 Å². The van der Waals surface area contributed by atoms with Gasteiger partial charge in [0.1, 0.15) is 0 Å². The van der Waals surface area contributed by atoms with E-state index in [0.717, 1.165) is 23.5 Å². The minimum Gasteiger partial charge on any atom is -0.316 e. The van der Waals surface area contributed by atoms with E-state index >= 15 is 0 Å². The van der Waals surface area contributed by atoms with Crippen molar-refractivity contribution in [1.29, 1.82) is 0 Å². The van der Waals surface area contributed by atoms with Crippen molar-refractivity contribution < 1.29 is 0 Å². The molecule has 1 N–H and O–H groups in total. The van der Waals surface area contributed by atoms with E-state index in [1.54, 1.807) is 16.8 Å². The Labute approximate surface area is 110 Å². The quantitative estimate of drug-likeness (QED) is 0.928. The third-order valence-electron chi connectivity index (χ3n) is 2.62. The number of hydrogen-bond acceptors (Lipinski definition) is 2. The first kappa shape index (κ1) is 12.4. The molecule has 0 bridgehead atoms. The van der Waals surface area contributed by atoms with Gasteiger partial charge in [0, 0.05) is 22.8 Å². The standard InChI is InChI=1S/C12H13Cl2N3/c1-8-9(6-15-2)7-16-17(8)12-5-10(13)3-4-11(12)14/h3-5,7,15H,6H2,1-2H3. The second kappa shape index (κ2) is 5.08. The molecular weight excluding hydrogens is 257 g/mol. The maximum Gasteiger partial charge on any atom is 0.0849 e. The number of rotatable bonds is 3. The Morgan fingerprint density at radius 2 is 2.12 bits per heavy atom. The maximum absolute atomic E-state index is 6.15. The molecule has 1 aromatic carbocycles. The molecule has 5 heteroatoms. The van der Waals surface area contributed by atoms with Gasteiger partial charge < -0.3 is 5.32 Å². The average Bonchev–Trinajstić information content (AvgIpc) is 2.65. The monoisotopic (exact) mass is 269 g/mol. The van der Waals surface area contributed by atoms with Crippen molar-refractivity contribution >= 4 is 23.2 Å². The zero-order chi connectivity index (χ0) is 12.4. The van der Waals surface area contributed by atoms with Gasteiger partial charge in [-0.25, -0.2) is 4.68 Å². The summed E-state index contributed by atoms with van der Waals surface area (Å²) < 4.78 is 1.81. The fraction of sp³-hybridized carbons (Fsp3) is 0.250. The van der Waals surface area contributed by atoms with E-state index in [2.05, 4.69) is 10.4 Å². The summed E-state index contributed by atoms with van der Waals surface area (Å²) in [6.45, 7) is 2.79. The van der Waals surface area contributed by atoms with Crippen LogP contribution < -0.4 is 5.32 Å². The molecule has 0 amide bonds. The predicted octanol–water partition coefficient (Wildman–Crippen LogP) is 3.21. The molecule has 2 rings (SSSR count). The average molecular weight is 270 g/mol. The zero-order valence-electron chi connectivity index (χ0n) is 9.67. The Morgan fingerprint density at radius 3 is 2.82 bits per heavy atom. The summed E-state index contributed by atoms with van der Waals surface area (Å²) in [4.78, 5) is 0. The molecule has 0 radical (unpaired) electrons. The van der Waals surface area contributed by atoms with Crippen molar-refractivity contribution in [2.45, 2.75) is 13.5 Å². The highest BCUT2D eigenvalue weighted by molar-refractivity contribution is 6.34. The highest BCUT2D eigenvalue weighted by Gasteiger charge is 2.10. The Morgan fingerprint density at radius 1 is 1.35 bits per heavy atom. The van der Waals surface area contributed by atoms with Gasteiger partial charge in [-0.1, -0.05) is 23.2 Å². The summed E-state index contributed by atoms with van der Waals surface area (Å²) in [6, 6.07) is 5.35. The lowest BCUT2D eigenvalue weighted by Gasteiger charge is -2.08. The van der Waals surface area contributed by atoms with Gasteiger partial charge in [-0.2, -0.15) is 5.10 Å².